The molecule has 2 amide bonds. The molecule has 0 aliphatic carbocycles. The summed E-state index contributed by atoms with van der Waals surface area (Å²) in [6, 6.07) is 11.5. The van der Waals surface area contributed by atoms with E-state index in [0.29, 0.717) is 24.0 Å². The predicted octanol–water partition coefficient (Wildman–Crippen LogP) is 3.13. The van der Waals surface area contributed by atoms with Crippen molar-refractivity contribution in [2.75, 3.05) is 29.0 Å². The van der Waals surface area contributed by atoms with Crippen LogP contribution in [0.5, 0.6) is 0 Å². The zero-order valence-electron chi connectivity index (χ0n) is 14.6. The van der Waals surface area contributed by atoms with Crippen LogP contribution in [-0.2, 0) is 0 Å². The van der Waals surface area contributed by atoms with Crippen molar-refractivity contribution in [1.82, 2.24) is 20.5 Å². The Labute approximate surface area is 159 Å². The SMILES string of the molecule is O=C(NCCNc1ccc(Nc2ccccn2)nn1)Nc1ccc(F)c(F)c1. The number of hydrogen-bond donors (Lipinski definition) is 4. The fourth-order valence-electron chi connectivity index (χ4n) is 2.18. The molecule has 0 aliphatic heterocycles. The van der Waals surface area contributed by atoms with E-state index >= 15 is 0 Å². The molecule has 0 bridgehead atoms. The third-order valence-electron chi connectivity index (χ3n) is 3.48. The predicted molar refractivity (Wildman–Crippen MR) is 101 cm³/mol. The van der Waals surface area contributed by atoms with Crippen LogP contribution in [0.2, 0.25) is 0 Å². The number of aromatic nitrogens is 3. The zero-order chi connectivity index (χ0) is 19.8. The summed E-state index contributed by atoms with van der Waals surface area (Å²) in [6.07, 6.45) is 1.67. The lowest BCUT2D eigenvalue weighted by Crippen LogP contribution is -2.32. The van der Waals surface area contributed by atoms with Gasteiger partial charge < -0.3 is 21.3 Å². The molecule has 3 aromatic rings. The van der Waals surface area contributed by atoms with Gasteiger partial charge in [-0.15, -0.1) is 10.2 Å². The second kappa shape index (κ2) is 9.21. The lowest BCUT2D eigenvalue weighted by Gasteiger charge is -2.09. The van der Waals surface area contributed by atoms with Crippen molar-refractivity contribution in [1.29, 1.82) is 0 Å². The van der Waals surface area contributed by atoms with Crippen LogP contribution in [-0.4, -0.2) is 34.3 Å². The monoisotopic (exact) mass is 385 g/mol. The number of nitrogens with one attached hydrogen (secondary N) is 4. The minimum Gasteiger partial charge on any atom is -0.367 e. The van der Waals surface area contributed by atoms with E-state index in [2.05, 4.69) is 36.4 Å². The smallest absolute Gasteiger partial charge is 0.319 e. The first kappa shape index (κ1) is 19.0. The zero-order valence-corrected chi connectivity index (χ0v) is 14.6. The van der Waals surface area contributed by atoms with E-state index in [1.165, 1.54) is 6.07 Å². The number of pyridine rings is 1. The van der Waals surface area contributed by atoms with Crippen molar-refractivity contribution in [3.05, 3.63) is 66.4 Å². The number of carbonyl (C=O) groups excluding carboxylic acids is 1. The molecule has 2 aromatic heterocycles. The van der Waals surface area contributed by atoms with Crippen molar-refractivity contribution >= 4 is 29.2 Å². The van der Waals surface area contributed by atoms with Crippen LogP contribution < -0.4 is 21.3 Å². The maximum absolute atomic E-state index is 13.1. The topological polar surface area (TPSA) is 104 Å². The van der Waals surface area contributed by atoms with Crippen LogP contribution in [0.1, 0.15) is 0 Å². The highest BCUT2D eigenvalue weighted by Crippen LogP contribution is 2.13. The molecule has 0 radical (unpaired) electrons. The molecule has 3 rings (SSSR count). The second-order valence-electron chi connectivity index (χ2n) is 5.58. The van der Waals surface area contributed by atoms with Gasteiger partial charge in [0, 0.05) is 31.0 Å². The van der Waals surface area contributed by atoms with E-state index in [1.807, 2.05) is 18.2 Å². The Morgan fingerprint density at radius 1 is 0.893 bits per heavy atom. The molecule has 0 saturated heterocycles. The normalized spacial score (nSPS) is 10.2. The van der Waals surface area contributed by atoms with Gasteiger partial charge in [-0.2, -0.15) is 0 Å². The van der Waals surface area contributed by atoms with E-state index in [0.717, 1.165) is 12.1 Å². The van der Waals surface area contributed by atoms with Crippen molar-refractivity contribution in [3.63, 3.8) is 0 Å². The molecule has 0 aliphatic rings. The fraction of sp³-hybridized carbons (Fsp3) is 0.111. The van der Waals surface area contributed by atoms with Gasteiger partial charge in [-0.1, -0.05) is 6.07 Å². The second-order valence-corrected chi connectivity index (χ2v) is 5.58. The average molecular weight is 385 g/mol. The highest BCUT2D eigenvalue weighted by atomic mass is 19.2. The maximum atomic E-state index is 13.1. The summed E-state index contributed by atoms with van der Waals surface area (Å²) in [5, 5.41) is 19.1. The fourth-order valence-corrected chi connectivity index (χ4v) is 2.18. The minimum absolute atomic E-state index is 0.159. The van der Waals surface area contributed by atoms with Gasteiger partial charge in [-0.05, 0) is 36.4 Å². The van der Waals surface area contributed by atoms with Crippen molar-refractivity contribution < 1.29 is 13.6 Å². The molecule has 0 spiro atoms. The molecule has 28 heavy (non-hydrogen) atoms. The first-order chi connectivity index (χ1) is 13.6. The summed E-state index contributed by atoms with van der Waals surface area (Å²) in [6.45, 7) is 0.679. The molecule has 4 N–H and O–H groups in total. The van der Waals surface area contributed by atoms with Crippen LogP contribution in [0.3, 0.4) is 0 Å². The number of anilines is 4. The number of nitrogens with zero attached hydrogens (tertiary/aromatic N) is 3. The number of carbonyl (C=O) groups is 1. The molecular weight excluding hydrogens is 368 g/mol. The van der Waals surface area contributed by atoms with E-state index in [-0.39, 0.29) is 12.2 Å². The Bertz CT molecular complexity index is 923. The Balaban J connectivity index is 1.38. The lowest BCUT2D eigenvalue weighted by molar-refractivity contribution is 0.252. The Kier molecular flexibility index (Phi) is 6.24. The van der Waals surface area contributed by atoms with Gasteiger partial charge in [0.1, 0.15) is 11.6 Å². The van der Waals surface area contributed by atoms with E-state index in [4.69, 9.17) is 0 Å². The molecule has 0 fully saturated rings. The first-order valence-corrected chi connectivity index (χ1v) is 8.36. The summed E-state index contributed by atoms with van der Waals surface area (Å²) in [7, 11) is 0. The van der Waals surface area contributed by atoms with Crippen LogP contribution >= 0.6 is 0 Å². The molecule has 2 heterocycles. The highest BCUT2D eigenvalue weighted by molar-refractivity contribution is 5.89. The molecule has 144 valence electrons. The quantitative estimate of drug-likeness (QED) is 0.466. The molecule has 0 saturated carbocycles. The number of amides is 2. The molecule has 10 heteroatoms. The molecule has 0 atom stereocenters. The number of rotatable bonds is 7. The van der Waals surface area contributed by atoms with Gasteiger partial charge in [0.05, 0.1) is 0 Å². The summed E-state index contributed by atoms with van der Waals surface area (Å²) in [5.41, 5.74) is 0.159. The van der Waals surface area contributed by atoms with Gasteiger partial charge in [0.25, 0.3) is 0 Å². The van der Waals surface area contributed by atoms with Crippen LogP contribution in [0.4, 0.5) is 36.7 Å². The van der Waals surface area contributed by atoms with Gasteiger partial charge in [-0.25, -0.2) is 18.6 Å². The standard InChI is InChI=1S/C18H17F2N7O/c19-13-5-4-12(11-14(13)20)24-18(28)23-10-9-22-16-6-7-17(27-26-16)25-15-3-1-2-8-21-15/h1-8,11H,9-10H2,(H,22,26)(H,21,25,27)(H2,23,24,28). The molecule has 1 aromatic carbocycles. The van der Waals surface area contributed by atoms with Crippen molar-refractivity contribution in [2.24, 2.45) is 0 Å². The van der Waals surface area contributed by atoms with Gasteiger partial charge in [-0.3, -0.25) is 0 Å². The first-order valence-electron chi connectivity index (χ1n) is 8.36. The summed E-state index contributed by atoms with van der Waals surface area (Å²) < 4.78 is 25.9. The molecule has 8 nitrogen and oxygen atoms in total. The number of urea groups is 1. The van der Waals surface area contributed by atoms with E-state index < -0.39 is 17.7 Å². The van der Waals surface area contributed by atoms with Gasteiger partial charge in [0.2, 0.25) is 0 Å². The minimum atomic E-state index is -1.03. The van der Waals surface area contributed by atoms with Gasteiger partial charge >= 0.3 is 6.03 Å². The third kappa shape index (κ3) is 5.59. The van der Waals surface area contributed by atoms with E-state index in [1.54, 1.807) is 18.3 Å². The van der Waals surface area contributed by atoms with Crippen molar-refractivity contribution in [2.45, 2.75) is 0 Å². The largest absolute Gasteiger partial charge is 0.367 e. The number of benzene rings is 1. The Morgan fingerprint density at radius 2 is 1.71 bits per heavy atom. The van der Waals surface area contributed by atoms with Crippen LogP contribution in [0.15, 0.2) is 54.7 Å². The van der Waals surface area contributed by atoms with E-state index in [9.17, 15) is 13.6 Å². The number of hydrogen-bond acceptors (Lipinski definition) is 6. The van der Waals surface area contributed by atoms with Gasteiger partial charge in [0.15, 0.2) is 17.5 Å². The summed E-state index contributed by atoms with van der Waals surface area (Å²) in [5.74, 6) is -0.257. The highest BCUT2D eigenvalue weighted by Gasteiger charge is 2.05. The Hall–Kier alpha value is -3.82. The number of halogens is 2. The third-order valence-corrected chi connectivity index (χ3v) is 3.48. The maximum Gasteiger partial charge on any atom is 0.319 e. The van der Waals surface area contributed by atoms with Crippen LogP contribution in [0.25, 0.3) is 0 Å². The molecular formula is C18H17F2N7O. The lowest BCUT2D eigenvalue weighted by atomic mass is 10.3. The summed E-state index contributed by atoms with van der Waals surface area (Å²) >= 11 is 0. The van der Waals surface area contributed by atoms with Crippen LogP contribution in [0, 0.1) is 11.6 Å². The Morgan fingerprint density at radius 3 is 2.43 bits per heavy atom. The summed E-state index contributed by atoms with van der Waals surface area (Å²) in [4.78, 5) is 15.9. The molecule has 0 unspecified atom stereocenters. The average Bonchev–Trinajstić information content (AvgIpc) is 2.70. The van der Waals surface area contributed by atoms with Crippen molar-refractivity contribution in [3.8, 4) is 0 Å².